The lowest BCUT2D eigenvalue weighted by atomic mass is 10.1. The first-order valence-corrected chi connectivity index (χ1v) is 10.2. The molecule has 2 aromatic carbocycles. The van der Waals surface area contributed by atoms with Crippen molar-refractivity contribution in [2.45, 2.75) is 25.7 Å². The van der Waals surface area contributed by atoms with Crippen LogP contribution in [0.2, 0.25) is 0 Å². The molecule has 0 spiro atoms. The maximum absolute atomic E-state index is 12.3. The molecular weight excluding hydrogens is 366 g/mol. The second kappa shape index (κ2) is 10.7. The molecule has 29 heavy (non-hydrogen) atoms. The molecule has 0 aliphatic carbocycles. The summed E-state index contributed by atoms with van der Waals surface area (Å²) in [7, 11) is 1.61. The van der Waals surface area contributed by atoms with Gasteiger partial charge in [0.25, 0.3) is 0 Å². The number of piperidine rings is 1. The van der Waals surface area contributed by atoms with E-state index in [-0.39, 0.29) is 17.1 Å². The molecule has 1 aliphatic rings. The van der Waals surface area contributed by atoms with Crippen molar-refractivity contribution < 1.29 is 19.4 Å². The summed E-state index contributed by atoms with van der Waals surface area (Å²) >= 11 is 0. The maximum atomic E-state index is 12.3. The van der Waals surface area contributed by atoms with Gasteiger partial charge in [0, 0.05) is 6.54 Å². The summed E-state index contributed by atoms with van der Waals surface area (Å²) in [6.07, 6.45) is 8.09. The Bertz CT molecular complexity index is 841. The summed E-state index contributed by atoms with van der Waals surface area (Å²) in [5, 5.41) is 9.79. The average Bonchev–Trinajstić information content (AvgIpc) is 2.76. The number of para-hydroxylation sites is 1. The summed E-state index contributed by atoms with van der Waals surface area (Å²) in [5.74, 6) is 1.07. The number of ketones is 1. The summed E-state index contributed by atoms with van der Waals surface area (Å²) in [4.78, 5) is 14.8. The van der Waals surface area contributed by atoms with E-state index in [4.69, 9.17) is 9.47 Å². The van der Waals surface area contributed by atoms with Crippen LogP contribution in [-0.2, 0) is 0 Å². The predicted octanol–water partition coefficient (Wildman–Crippen LogP) is 4.55. The van der Waals surface area contributed by atoms with E-state index in [1.165, 1.54) is 44.5 Å². The number of nitrogens with zero attached hydrogens (tertiary/aromatic N) is 1. The normalized spacial score (nSPS) is 14.8. The minimum atomic E-state index is -0.250. The van der Waals surface area contributed by atoms with E-state index < -0.39 is 0 Å². The van der Waals surface area contributed by atoms with Crippen LogP contribution in [-0.4, -0.2) is 49.1 Å². The Morgan fingerprint density at radius 2 is 1.90 bits per heavy atom. The number of carbonyl (C=O) groups is 1. The zero-order valence-electron chi connectivity index (χ0n) is 17.0. The highest BCUT2D eigenvalue weighted by Gasteiger charge is 2.10. The molecule has 0 radical (unpaired) electrons. The monoisotopic (exact) mass is 395 g/mol. The van der Waals surface area contributed by atoms with Gasteiger partial charge in [0.2, 0.25) is 0 Å². The topological polar surface area (TPSA) is 59.0 Å². The highest BCUT2D eigenvalue weighted by atomic mass is 16.5. The Hall–Kier alpha value is -2.79. The van der Waals surface area contributed by atoms with Gasteiger partial charge in [-0.25, -0.2) is 0 Å². The lowest BCUT2D eigenvalue weighted by Crippen LogP contribution is -2.31. The number of allylic oxidation sites excluding steroid dienone is 1. The third-order valence-corrected chi connectivity index (χ3v) is 5.11. The van der Waals surface area contributed by atoms with Crippen LogP contribution in [0.4, 0.5) is 0 Å². The van der Waals surface area contributed by atoms with Crippen molar-refractivity contribution in [3.8, 4) is 17.2 Å². The number of carbonyl (C=O) groups excluding carboxylic acids is 1. The first-order chi connectivity index (χ1) is 14.2. The molecule has 0 aromatic heterocycles. The van der Waals surface area contributed by atoms with Gasteiger partial charge in [-0.2, -0.15) is 0 Å². The molecule has 1 heterocycles. The van der Waals surface area contributed by atoms with E-state index in [2.05, 4.69) is 4.90 Å². The Kier molecular flexibility index (Phi) is 7.70. The number of methoxy groups -OCH3 is 1. The molecule has 5 heteroatoms. The molecule has 1 fully saturated rings. The van der Waals surface area contributed by atoms with E-state index >= 15 is 0 Å². The van der Waals surface area contributed by atoms with Crippen molar-refractivity contribution in [3.05, 3.63) is 59.7 Å². The first-order valence-electron chi connectivity index (χ1n) is 10.2. The van der Waals surface area contributed by atoms with Gasteiger partial charge in [-0.05, 0) is 68.3 Å². The largest absolute Gasteiger partial charge is 0.507 e. The number of hydrogen-bond acceptors (Lipinski definition) is 5. The van der Waals surface area contributed by atoms with Gasteiger partial charge < -0.3 is 19.5 Å². The Morgan fingerprint density at radius 3 is 2.66 bits per heavy atom. The smallest absolute Gasteiger partial charge is 0.189 e. The number of hydrogen-bond donors (Lipinski definition) is 1. The molecule has 0 bridgehead atoms. The van der Waals surface area contributed by atoms with Crippen LogP contribution in [0.15, 0.2) is 48.5 Å². The fourth-order valence-corrected chi connectivity index (χ4v) is 3.50. The molecule has 154 valence electrons. The van der Waals surface area contributed by atoms with Crippen molar-refractivity contribution in [3.63, 3.8) is 0 Å². The first kappa shape index (κ1) is 20.9. The molecule has 1 aliphatic heterocycles. The van der Waals surface area contributed by atoms with Crippen molar-refractivity contribution in [2.75, 3.05) is 33.4 Å². The number of benzene rings is 2. The second-order valence-corrected chi connectivity index (χ2v) is 7.23. The third-order valence-electron chi connectivity index (χ3n) is 5.11. The molecule has 2 aromatic rings. The van der Waals surface area contributed by atoms with Crippen LogP contribution >= 0.6 is 0 Å². The quantitative estimate of drug-likeness (QED) is 0.383. The van der Waals surface area contributed by atoms with Crippen LogP contribution in [0.25, 0.3) is 6.08 Å². The van der Waals surface area contributed by atoms with Gasteiger partial charge >= 0.3 is 0 Å². The van der Waals surface area contributed by atoms with Gasteiger partial charge in [-0.15, -0.1) is 0 Å². The SMILES string of the molecule is COc1cc(/C=C/C(=O)c2ccccc2O)ccc1OCCCN1CCCCC1. The lowest BCUT2D eigenvalue weighted by molar-refractivity contribution is 0.104. The lowest BCUT2D eigenvalue weighted by Gasteiger charge is -2.26. The van der Waals surface area contributed by atoms with E-state index in [1.54, 1.807) is 31.4 Å². The highest BCUT2D eigenvalue weighted by molar-refractivity contribution is 6.08. The fourth-order valence-electron chi connectivity index (χ4n) is 3.50. The van der Waals surface area contributed by atoms with E-state index in [0.29, 0.717) is 18.1 Å². The molecule has 1 saturated heterocycles. The van der Waals surface area contributed by atoms with E-state index in [0.717, 1.165) is 18.5 Å². The Labute approximate surface area is 172 Å². The molecule has 0 amide bonds. The molecular formula is C24H29NO4. The summed E-state index contributed by atoms with van der Waals surface area (Å²) < 4.78 is 11.4. The predicted molar refractivity (Wildman–Crippen MR) is 115 cm³/mol. The number of aromatic hydroxyl groups is 1. The number of likely N-dealkylation sites (tertiary alicyclic amines) is 1. The number of phenols is 1. The van der Waals surface area contributed by atoms with Gasteiger partial charge in [-0.3, -0.25) is 4.79 Å². The molecule has 0 unspecified atom stereocenters. The fraction of sp³-hybridized carbons (Fsp3) is 0.375. The molecule has 3 rings (SSSR count). The van der Waals surface area contributed by atoms with Crippen molar-refractivity contribution in [1.29, 1.82) is 0 Å². The van der Waals surface area contributed by atoms with Crippen molar-refractivity contribution in [2.24, 2.45) is 0 Å². The summed E-state index contributed by atoms with van der Waals surface area (Å²) in [6, 6.07) is 12.1. The maximum Gasteiger partial charge on any atom is 0.189 e. The Balaban J connectivity index is 1.55. The van der Waals surface area contributed by atoms with Gasteiger partial charge in [0.1, 0.15) is 5.75 Å². The van der Waals surface area contributed by atoms with Crippen LogP contribution in [0.1, 0.15) is 41.6 Å². The number of phenolic OH excluding ortho intramolecular Hbond substituents is 1. The van der Waals surface area contributed by atoms with E-state index in [9.17, 15) is 9.90 Å². The third kappa shape index (κ3) is 6.09. The average molecular weight is 395 g/mol. The molecule has 5 nitrogen and oxygen atoms in total. The number of ether oxygens (including phenoxy) is 2. The van der Waals surface area contributed by atoms with E-state index in [1.807, 2.05) is 18.2 Å². The standard InChI is InChI=1S/C24H29NO4/c1-28-24-18-19(10-12-22(27)20-8-3-4-9-21(20)26)11-13-23(24)29-17-7-16-25-14-5-2-6-15-25/h3-4,8-13,18,26H,2,5-7,14-17H2,1H3/b12-10+. The minimum absolute atomic E-state index is 0.0203. The van der Waals surface area contributed by atoms with Crippen LogP contribution in [0.5, 0.6) is 17.2 Å². The molecule has 0 atom stereocenters. The number of rotatable bonds is 9. The van der Waals surface area contributed by atoms with Crippen LogP contribution < -0.4 is 9.47 Å². The highest BCUT2D eigenvalue weighted by Crippen LogP contribution is 2.29. The minimum Gasteiger partial charge on any atom is -0.507 e. The van der Waals surface area contributed by atoms with Crippen LogP contribution in [0.3, 0.4) is 0 Å². The Morgan fingerprint density at radius 1 is 1.10 bits per heavy atom. The zero-order valence-corrected chi connectivity index (χ0v) is 17.0. The summed E-state index contributed by atoms with van der Waals surface area (Å²) in [5.41, 5.74) is 1.11. The van der Waals surface area contributed by atoms with Crippen molar-refractivity contribution in [1.82, 2.24) is 4.90 Å². The molecule has 1 N–H and O–H groups in total. The van der Waals surface area contributed by atoms with Gasteiger partial charge in [0.05, 0.1) is 19.3 Å². The van der Waals surface area contributed by atoms with Crippen molar-refractivity contribution >= 4 is 11.9 Å². The zero-order chi connectivity index (χ0) is 20.5. The van der Waals surface area contributed by atoms with Gasteiger partial charge in [-0.1, -0.05) is 30.7 Å². The summed E-state index contributed by atoms with van der Waals surface area (Å²) in [6.45, 7) is 4.11. The molecule has 0 saturated carbocycles. The second-order valence-electron chi connectivity index (χ2n) is 7.23. The van der Waals surface area contributed by atoms with Crippen LogP contribution in [0, 0.1) is 0 Å². The van der Waals surface area contributed by atoms with Gasteiger partial charge in [0.15, 0.2) is 17.3 Å².